The van der Waals surface area contributed by atoms with Crippen LogP contribution in [-0.2, 0) is 5.75 Å². The average molecular weight is 300 g/mol. The van der Waals surface area contributed by atoms with Crippen molar-refractivity contribution in [2.24, 2.45) is 0 Å². The third kappa shape index (κ3) is 2.51. The number of hydrogen-bond acceptors (Lipinski definition) is 3. The molecule has 94 valence electrons. The van der Waals surface area contributed by atoms with E-state index in [9.17, 15) is 0 Å². The quantitative estimate of drug-likeness (QED) is 0.792. The summed E-state index contributed by atoms with van der Waals surface area (Å²) in [4.78, 5) is 0. The van der Waals surface area contributed by atoms with Crippen molar-refractivity contribution in [3.8, 4) is 0 Å². The summed E-state index contributed by atoms with van der Waals surface area (Å²) >= 11 is 13.9. The Bertz CT molecular complexity index is 546. The molecule has 1 aromatic heterocycles. The Hall–Kier alpha value is -0.710. The summed E-state index contributed by atoms with van der Waals surface area (Å²) in [5.41, 5.74) is 0.955. The minimum Gasteiger partial charge on any atom is -0.306 e. The van der Waals surface area contributed by atoms with E-state index in [0.29, 0.717) is 21.8 Å². The molecule has 1 aliphatic rings. The van der Waals surface area contributed by atoms with Gasteiger partial charge in [0.2, 0.25) is 0 Å². The van der Waals surface area contributed by atoms with E-state index in [0.717, 1.165) is 10.7 Å². The fourth-order valence-corrected chi connectivity index (χ4v) is 3.47. The first kappa shape index (κ1) is 12.3. The fourth-order valence-electron chi connectivity index (χ4n) is 1.75. The molecular weight excluding hydrogens is 289 g/mol. The van der Waals surface area contributed by atoms with Gasteiger partial charge in [-0.15, -0.1) is 10.2 Å². The van der Waals surface area contributed by atoms with Gasteiger partial charge in [0, 0.05) is 21.8 Å². The molecule has 1 aliphatic carbocycles. The van der Waals surface area contributed by atoms with Crippen LogP contribution in [-0.4, -0.2) is 14.8 Å². The Kier molecular flexibility index (Phi) is 3.50. The van der Waals surface area contributed by atoms with Gasteiger partial charge in [0.05, 0.1) is 0 Å². The first-order chi connectivity index (χ1) is 8.75. The van der Waals surface area contributed by atoms with E-state index in [1.807, 2.05) is 18.2 Å². The van der Waals surface area contributed by atoms with Crippen LogP contribution in [0.4, 0.5) is 0 Å². The number of aromatic nitrogens is 3. The Morgan fingerprint density at radius 2 is 2.00 bits per heavy atom. The molecule has 1 saturated carbocycles. The number of benzene rings is 1. The highest BCUT2D eigenvalue weighted by molar-refractivity contribution is 7.98. The predicted molar refractivity (Wildman–Crippen MR) is 74.3 cm³/mol. The third-order valence-electron chi connectivity index (χ3n) is 2.89. The van der Waals surface area contributed by atoms with E-state index in [1.54, 1.807) is 18.1 Å². The molecule has 0 bridgehead atoms. The maximum absolute atomic E-state index is 6.14. The van der Waals surface area contributed by atoms with Crippen molar-refractivity contribution in [3.05, 3.63) is 40.1 Å². The van der Waals surface area contributed by atoms with E-state index < -0.39 is 0 Å². The molecule has 0 amide bonds. The number of hydrogen-bond donors (Lipinski definition) is 0. The highest BCUT2D eigenvalue weighted by Gasteiger charge is 2.26. The van der Waals surface area contributed by atoms with Gasteiger partial charge in [-0.25, -0.2) is 0 Å². The van der Waals surface area contributed by atoms with Gasteiger partial charge in [0.1, 0.15) is 6.33 Å². The molecule has 6 heteroatoms. The Labute approximate surface area is 119 Å². The lowest BCUT2D eigenvalue weighted by Gasteiger charge is -2.07. The lowest BCUT2D eigenvalue weighted by molar-refractivity contribution is 0.663. The lowest BCUT2D eigenvalue weighted by Crippen LogP contribution is -1.95. The van der Waals surface area contributed by atoms with Crippen molar-refractivity contribution >= 4 is 35.0 Å². The van der Waals surface area contributed by atoms with Crippen LogP contribution in [0.2, 0.25) is 10.0 Å². The largest absolute Gasteiger partial charge is 0.306 e. The molecule has 0 radical (unpaired) electrons. The zero-order valence-electron chi connectivity index (χ0n) is 9.51. The van der Waals surface area contributed by atoms with Crippen LogP contribution in [0.25, 0.3) is 0 Å². The smallest absolute Gasteiger partial charge is 0.191 e. The van der Waals surface area contributed by atoms with Gasteiger partial charge < -0.3 is 4.57 Å². The third-order valence-corrected chi connectivity index (χ3v) is 4.58. The molecule has 0 N–H and O–H groups in total. The van der Waals surface area contributed by atoms with Crippen LogP contribution in [0.3, 0.4) is 0 Å². The molecule has 1 heterocycles. The molecule has 0 spiro atoms. The molecule has 1 fully saturated rings. The van der Waals surface area contributed by atoms with Gasteiger partial charge in [0.15, 0.2) is 5.16 Å². The molecule has 3 rings (SSSR count). The van der Waals surface area contributed by atoms with Gasteiger partial charge in [-0.2, -0.15) is 0 Å². The van der Waals surface area contributed by atoms with Gasteiger partial charge >= 0.3 is 0 Å². The van der Waals surface area contributed by atoms with Crippen molar-refractivity contribution < 1.29 is 0 Å². The summed E-state index contributed by atoms with van der Waals surface area (Å²) in [5, 5.41) is 10.4. The maximum atomic E-state index is 6.14. The first-order valence-corrected chi connectivity index (χ1v) is 7.45. The van der Waals surface area contributed by atoms with Crippen LogP contribution >= 0.6 is 35.0 Å². The Morgan fingerprint density at radius 3 is 2.67 bits per heavy atom. The van der Waals surface area contributed by atoms with Crippen molar-refractivity contribution in [1.29, 1.82) is 0 Å². The van der Waals surface area contributed by atoms with Gasteiger partial charge in [-0.3, -0.25) is 0 Å². The van der Waals surface area contributed by atoms with E-state index in [2.05, 4.69) is 14.8 Å². The van der Waals surface area contributed by atoms with Crippen molar-refractivity contribution in [2.75, 3.05) is 0 Å². The molecule has 18 heavy (non-hydrogen) atoms. The summed E-state index contributed by atoms with van der Waals surface area (Å²) < 4.78 is 2.13. The zero-order valence-corrected chi connectivity index (χ0v) is 11.8. The molecule has 0 aliphatic heterocycles. The maximum Gasteiger partial charge on any atom is 0.191 e. The number of halogens is 2. The van der Waals surface area contributed by atoms with Crippen molar-refractivity contribution in [3.63, 3.8) is 0 Å². The molecule has 0 saturated heterocycles. The van der Waals surface area contributed by atoms with Crippen molar-refractivity contribution in [2.45, 2.75) is 29.8 Å². The molecule has 1 aromatic carbocycles. The number of thioether (sulfide) groups is 1. The first-order valence-electron chi connectivity index (χ1n) is 5.71. The standard InChI is InChI=1S/C12H11Cl2N3S/c13-10-2-1-3-11(14)9(10)6-18-12-16-15-7-17(12)8-4-5-8/h1-3,7-8H,4-6H2. The van der Waals surface area contributed by atoms with Crippen LogP contribution in [0.1, 0.15) is 24.4 Å². The predicted octanol–water partition coefficient (Wildman–Crippen LogP) is 4.21. The zero-order chi connectivity index (χ0) is 12.5. The highest BCUT2D eigenvalue weighted by Crippen LogP contribution is 2.38. The van der Waals surface area contributed by atoms with E-state index in [-0.39, 0.29) is 0 Å². The Balaban J connectivity index is 1.76. The molecule has 0 atom stereocenters. The molecule has 0 unspecified atom stereocenters. The van der Waals surface area contributed by atoms with Crippen molar-refractivity contribution in [1.82, 2.24) is 14.8 Å². The van der Waals surface area contributed by atoms with Gasteiger partial charge in [0.25, 0.3) is 0 Å². The minimum absolute atomic E-state index is 0.587. The summed E-state index contributed by atoms with van der Waals surface area (Å²) in [6, 6.07) is 6.15. The molecule has 2 aromatic rings. The molecule has 3 nitrogen and oxygen atoms in total. The van der Waals surface area contributed by atoms with Crippen LogP contribution < -0.4 is 0 Å². The van der Waals surface area contributed by atoms with Crippen LogP contribution in [0, 0.1) is 0 Å². The van der Waals surface area contributed by atoms with E-state index in [1.165, 1.54) is 12.8 Å². The van der Waals surface area contributed by atoms with Gasteiger partial charge in [-0.05, 0) is 30.5 Å². The van der Waals surface area contributed by atoms with E-state index >= 15 is 0 Å². The SMILES string of the molecule is Clc1cccc(Cl)c1CSc1nncn1C1CC1. The highest BCUT2D eigenvalue weighted by atomic mass is 35.5. The monoisotopic (exact) mass is 299 g/mol. The summed E-state index contributed by atoms with van der Waals surface area (Å²) in [6.07, 6.45) is 4.24. The Morgan fingerprint density at radius 1 is 1.28 bits per heavy atom. The van der Waals surface area contributed by atoms with Crippen LogP contribution in [0.15, 0.2) is 29.7 Å². The van der Waals surface area contributed by atoms with E-state index in [4.69, 9.17) is 23.2 Å². The second-order valence-electron chi connectivity index (χ2n) is 4.24. The lowest BCUT2D eigenvalue weighted by atomic mass is 10.2. The average Bonchev–Trinajstić information content (AvgIpc) is 3.09. The molecular formula is C12H11Cl2N3S. The second-order valence-corrected chi connectivity index (χ2v) is 6.00. The second kappa shape index (κ2) is 5.11. The number of rotatable bonds is 4. The minimum atomic E-state index is 0.587. The number of nitrogens with zero attached hydrogens (tertiary/aromatic N) is 3. The topological polar surface area (TPSA) is 30.7 Å². The summed E-state index contributed by atoms with van der Waals surface area (Å²) in [6.45, 7) is 0. The van der Waals surface area contributed by atoms with Crippen LogP contribution in [0.5, 0.6) is 0 Å². The summed E-state index contributed by atoms with van der Waals surface area (Å²) in [5.74, 6) is 0.712. The normalized spacial score (nSPS) is 15.0. The van der Waals surface area contributed by atoms with Gasteiger partial charge in [-0.1, -0.05) is 41.0 Å². The fraction of sp³-hybridized carbons (Fsp3) is 0.333. The summed E-state index contributed by atoms with van der Waals surface area (Å²) in [7, 11) is 0.